The number of aryl methyl sites for hydroxylation is 1. The normalized spacial score (nSPS) is 10.4. The van der Waals surface area contributed by atoms with Crippen LogP contribution in [0.4, 0.5) is 20.4 Å². The van der Waals surface area contributed by atoms with Gasteiger partial charge in [-0.15, -0.1) is 0 Å². The molecule has 0 saturated carbocycles. The van der Waals surface area contributed by atoms with Crippen molar-refractivity contribution < 1.29 is 13.6 Å². The molecule has 1 heterocycles. The highest BCUT2D eigenvalue weighted by Gasteiger charge is 2.14. The summed E-state index contributed by atoms with van der Waals surface area (Å²) in [5.74, 6) is -2.05. The number of para-hydroxylation sites is 1. The minimum atomic E-state index is -0.851. The Labute approximate surface area is 149 Å². The molecule has 7 heteroatoms. The molecule has 0 fully saturated rings. The number of hydrogen-bond acceptors (Lipinski definition) is 4. The van der Waals surface area contributed by atoms with Gasteiger partial charge >= 0.3 is 0 Å². The zero-order valence-electron chi connectivity index (χ0n) is 14.0. The average molecular weight is 354 g/mol. The lowest BCUT2D eigenvalue weighted by Gasteiger charge is -2.08. The molecule has 0 unspecified atom stereocenters. The number of carbonyl (C=O) groups is 1. The molecule has 0 radical (unpaired) electrons. The smallest absolute Gasteiger partial charge is 0.258 e. The molecule has 1 amide bonds. The average Bonchev–Trinajstić information content (AvgIpc) is 2.63. The van der Waals surface area contributed by atoms with Gasteiger partial charge in [-0.1, -0.05) is 35.9 Å². The first-order valence-corrected chi connectivity index (χ1v) is 7.90. The molecular weight excluding hydrogens is 338 g/mol. The minimum absolute atomic E-state index is 0.0914. The third-order valence-electron chi connectivity index (χ3n) is 3.65. The van der Waals surface area contributed by atoms with E-state index in [2.05, 4.69) is 20.6 Å². The molecular formula is C19H16F2N4O. The van der Waals surface area contributed by atoms with E-state index in [4.69, 9.17) is 0 Å². The number of amides is 1. The molecule has 0 aliphatic heterocycles. The van der Waals surface area contributed by atoms with Gasteiger partial charge in [-0.2, -0.15) is 0 Å². The topological polar surface area (TPSA) is 66.9 Å². The van der Waals surface area contributed by atoms with E-state index >= 15 is 0 Å². The summed E-state index contributed by atoms with van der Waals surface area (Å²) in [6.07, 6.45) is 2.58. The van der Waals surface area contributed by atoms with E-state index in [1.54, 1.807) is 0 Å². The lowest BCUT2D eigenvalue weighted by atomic mass is 10.1. The number of carbonyl (C=O) groups excluding carboxylic acids is 1. The van der Waals surface area contributed by atoms with E-state index < -0.39 is 23.2 Å². The molecule has 3 rings (SSSR count). The predicted octanol–water partition coefficient (Wildman–Crippen LogP) is 3.93. The van der Waals surface area contributed by atoms with Crippen LogP contribution in [0.5, 0.6) is 0 Å². The van der Waals surface area contributed by atoms with Gasteiger partial charge < -0.3 is 10.6 Å². The van der Waals surface area contributed by atoms with Crippen LogP contribution in [0.3, 0.4) is 0 Å². The van der Waals surface area contributed by atoms with E-state index in [1.165, 1.54) is 18.5 Å². The van der Waals surface area contributed by atoms with Crippen LogP contribution in [0, 0.1) is 18.6 Å². The lowest BCUT2D eigenvalue weighted by Crippen LogP contribution is -2.15. The fourth-order valence-electron chi connectivity index (χ4n) is 2.34. The van der Waals surface area contributed by atoms with Gasteiger partial charge in [0.05, 0.1) is 5.56 Å². The Balaban J connectivity index is 1.64. The van der Waals surface area contributed by atoms with E-state index in [0.717, 1.165) is 23.3 Å². The Morgan fingerprint density at radius 1 is 1.04 bits per heavy atom. The van der Waals surface area contributed by atoms with Gasteiger partial charge in [0.15, 0.2) is 0 Å². The molecule has 0 spiro atoms. The van der Waals surface area contributed by atoms with Crippen LogP contribution in [-0.4, -0.2) is 15.9 Å². The second kappa shape index (κ2) is 7.69. The van der Waals surface area contributed by atoms with Gasteiger partial charge in [-0.05, 0) is 24.6 Å². The van der Waals surface area contributed by atoms with Crippen LogP contribution >= 0.6 is 0 Å². The SMILES string of the molecule is Cc1cccc(CNc2ncc(C(=O)Nc3c(F)cccc3F)cn2)c1. The van der Waals surface area contributed by atoms with E-state index in [-0.39, 0.29) is 5.56 Å². The van der Waals surface area contributed by atoms with E-state index in [1.807, 2.05) is 31.2 Å². The highest BCUT2D eigenvalue weighted by Crippen LogP contribution is 2.18. The van der Waals surface area contributed by atoms with Gasteiger partial charge in [0.25, 0.3) is 5.91 Å². The van der Waals surface area contributed by atoms with Crippen molar-refractivity contribution >= 4 is 17.5 Å². The summed E-state index contributed by atoms with van der Waals surface area (Å²) >= 11 is 0. The first-order valence-electron chi connectivity index (χ1n) is 7.90. The van der Waals surface area contributed by atoms with Crippen molar-refractivity contribution in [3.63, 3.8) is 0 Å². The highest BCUT2D eigenvalue weighted by molar-refractivity contribution is 6.04. The van der Waals surface area contributed by atoms with Crippen LogP contribution in [-0.2, 0) is 6.54 Å². The Kier molecular flexibility index (Phi) is 5.17. The molecule has 0 bridgehead atoms. The molecule has 2 N–H and O–H groups in total. The van der Waals surface area contributed by atoms with Gasteiger partial charge in [0.2, 0.25) is 5.95 Å². The van der Waals surface area contributed by atoms with Crippen LogP contribution < -0.4 is 10.6 Å². The van der Waals surface area contributed by atoms with Crippen LogP contribution in [0.15, 0.2) is 54.9 Å². The first-order chi connectivity index (χ1) is 12.5. The minimum Gasteiger partial charge on any atom is -0.350 e. The summed E-state index contributed by atoms with van der Waals surface area (Å²) in [5.41, 5.74) is 1.82. The fraction of sp³-hybridized carbons (Fsp3) is 0.105. The number of aromatic nitrogens is 2. The lowest BCUT2D eigenvalue weighted by molar-refractivity contribution is 0.102. The second-order valence-electron chi connectivity index (χ2n) is 5.69. The molecule has 0 aliphatic rings. The zero-order valence-corrected chi connectivity index (χ0v) is 14.0. The first kappa shape index (κ1) is 17.5. The van der Waals surface area contributed by atoms with E-state index in [0.29, 0.717) is 12.5 Å². The number of anilines is 2. The number of nitrogens with zero attached hydrogens (tertiary/aromatic N) is 2. The van der Waals surface area contributed by atoms with Gasteiger partial charge in [0.1, 0.15) is 17.3 Å². The Hall–Kier alpha value is -3.35. The summed E-state index contributed by atoms with van der Waals surface area (Å²) in [4.78, 5) is 20.2. The highest BCUT2D eigenvalue weighted by atomic mass is 19.1. The van der Waals surface area contributed by atoms with Crippen LogP contribution in [0.1, 0.15) is 21.5 Å². The summed E-state index contributed by atoms with van der Waals surface area (Å²) in [5, 5.41) is 5.24. The largest absolute Gasteiger partial charge is 0.350 e. The molecule has 26 heavy (non-hydrogen) atoms. The third-order valence-corrected chi connectivity index (χ3v) is 3.65. The molecule has 2 aromatic carbocycles. The molecule has 3 aromatic rings. The van der Waals surface area contributed by atoms with Crippen LogP contribution in [0.2, 0.25) is 0 Å². The van der Waals surface area contributed by atoms with Gasteiger partial charge in [-0.3, -0.25) is 4.79 Å². The summed E-state index contributed by atoms with van der Waals surface area (Å²) in [6, 6.07) is 11.3. The maximum absolute atomic E-state index is 13.6. The number of halogens is 2. The second-order valence-corrected chi connectivity index (χ2v) is 5.69. The van der Waals surface area contributed by atoms with Crippen molar-refractivity contribution in [2.75, 3.05) is 10.6 Å². The molecule has 132 valence electrons. The summed E-state index contributed by atoms with van der Waals surface area (Å²) in [7, 11) is 0. The van der Waals surface area contributed by atoms with Crippen molar-refractivity contribution in [2.45, 2.75) is 13.5 Å². The summed E-state index contributed by atoms with van der Waals surface area (Å²) < 4.78 is 27.2. The maximum atomic E-state index is 13.6. The summed E-state index contributed by atoms with van der Waals surface area (Å²) in [6.45, 7) is 2.54. The van der Waals surface area contributed by atoms with Crippen molar-refractivity contribution in [3.05, 3.63) is 83.2 Å². The van der Waals surface area contributed by atoms with E-state index in [9.17, 15) is 13.6 Å². The third kappa shape index (κ3) is 4.18. The number of rotatable bonds is 5. The van der Waals surface area contributed by atoms with Crippen molar-refractivity contribution in [2.24, 2.45) is 0 Å². The predicted molar refractivity (Wildman–Crippen MR) is 94.8 cm³/mol. The molecule has 0 saturated heterocycles. The number of hydrogen-bond donors (Lipinski definition) is 2. The molecule has 5 nitrogen and oxygen atoms in total. The van der Waals surface area contributed by atoms with Crippen molar-refractivity contribution in [3.8, 4) is 0 Å². The Morgan fingerprint density at radius 2 is 1.69 bits per heavy atom. The van der Waals surface area contributed by atoms with Gasteiger partial charge in [-0.25, -0.2) is 18.7 Å². The van der Waals surface area contributed by atoms with Crippen LogP contribution in [0.25, 0.3) is 0 Å². The maximum Gasteiger partial charge on any atom is 0.258 e. The molecule has 0 atom stereocenters. The fourth-order valence-corrected chi connectivity index (χ4v) is 2.34. The standard InChI is InChI=1S/C19H16F2N4O/c1-12-4-2-5-13(8-12)9-22-19-23-10-14(11-24-19)18(26)25-17-15(20)6-3-7-16(17)21/h2-8,10-11H,9H2,1H3,(H,25,26)(H,22,23,24). The monoisotopic (exact) mass is 354 g/mol. The zero-order chi connectivity index (χ0) is 18.5. The number of nitrogens with one attached hydrogen (secondary N) is 2. The van der Waals surface area contributed by atoms with Gasteiger partial charge in [0, 0.05) is 18.9 Å². The quantitative estimate of drug-likeness (QED) is 0.729. The Bertz CT molecular complexity index is 909. The molecule has 1 aromatic heterocycles. The van der Waals surface area contributed by atoms with Crippen molar-refractivity contribution in [1.29, 1.82) is 0 Å². The molecule has 0 aliphatic carbocycles. The Morgan fingerprint density at radius 3 is 2.35 bits per heavy atom. The van der Waals surface area contributed by atoms with Crippen molar-refractivity contribution in [1.82, 2.24) is 9.97 Å². The number of benzene rings is 2.